The van der Waals surface area contributed by atoms with E-state index in [4.69, 9.17) is 4.74 Å². The van der Waals surface area contributed by atoms with Gasteiger partial charge < -0.3 is 15.0 Å². The molecular weight excluding hydrogens is 492 g/mol. The number of hydrogen-bond donors (Lipinski definition) is 2. The highest BCUT2D eigenvalue weighted by Gasteiger charge is 2.34. The van der Waals surface area contributed by atoms with Crippen LogP contribution >= 0.6 is 0 Å². The van der Waals surface area contributed by atoms with Crippen LogP contribution in [0.5, 0.6) is 0 Å². The van der Waals surface area contributed by atoms with Gasteiger partial charge in [-0.15, -0.1) is 0 Å². The number of sulfonamides is 1. The average Bonchev–Trinajstić information content (AvgIpc) is 3.25. The number of rotatable bonds is 8. The molecule has 1 amide bonds. The van der Waals surface area contributed by atoms with Gasteiger partial charge in [-0.1, -0.05) is 6.07 Å². The number of alkyl halides is 3. The van der Waals surface area contributed by atoms with Crippen molar-refractivity contribution in [2.75, 3.05) is 36.1 Å². The predicted molar refractivity (Wildman–Crippen MR) is 123 cm³/mol. The van der Waals surface area contributed by atoms with Gasteiger partial charge in [-0.05, 0) is 42.3 Å². The lowest BCUT2D eigenvalue weighted by Crippen LogP contribution is -2.25. The maximum absolute atomic E-state index is 14.1. The number of methoxy groups -OCH3 is 1. The highest BCUT2D eigenvalue weighted by atomic mass is 32.2. The fourth-order valence-corrected chi connectivity index (χ4v) is 4.04. The molecule has 8 nitrogen and oxygen atoms in total. The number of nitrogens with zero attached hydrogens (tertiary/aromatic N) is 2. The van der Waals surface area contributed by atoms with Gasteiger partial charge in [-0.3, -0.25) is 9.52 Å². The molecular formula is C22H24F4N4O4S. The van der Waals surface area contributed by atoms with Crippen molar-refractivity contribution in [2.24, 2.45) is 0 Å². The molecule has 1 aromatic carbocycles. The van der Waals surface area contributed by atoms with Crippen LogP contribution in [-0.4, -0.2) is 51.9 Å². The minimum absolute atomic E-state index is 0.0565. The van der Waals surface area contributed by atoms with Crippen molar-refractivity contribution in [1.82, 2.24) is 10.3 Å². The normalized spacial score (nSPS) is 16.6. The summed E-state index contributed by atoms with van der Waals surface area (Å²) in [6.45, 7) is 0.766. The van der Waals surface area contributed by atoms with Crippen LogP contribution in [0, 0.1) is 5.82 Å². The zero-order chi connectivity index (χ0) is 25.8. The Kier molecular flexibility index (Phi) is 8.00. The zero-order valence-electron chi connectivity index (χ0n) is 18.9. The number of carbonyl (C=O) groups is 1. The second-order valence-corrected chi connectivity index (χ2v) is 9.69. The summed E-state index contributed by atoms with van der Waals surface area (Å²) in [5, 5.41) is 2.54. The summed E-state index contributed by atoms with van der Waals surface area (Å²) in [4.78, 5) is 17.7. The fourth-order valence-electron chi connectivity index (χ4n) is 3.48. The lowest BCUT2D eigenvalue weighted by atomic mass is 10.2. The number of carbonyl (C=O) groups excluding carboxylic acids is 1. The van der Waals surface area contributed by atoms with E-state index in [9.17, 15) is 30.8 Å². The quantitative estimate of drug-likeness (QED) is 0.413. The number of ether oxygens (including phenoxy) is 1. The summed E-state index contributed by atoms with van der Waals surface area (Å²) in [6.07, 6.45) is -0.718. The summed E-state index contributed by atoms with van der Waals surface area (Å²) < 4.78 is 83.4. The van der Waals surface area contributed by atoms with Crippen LogP contribution in [-0.2, 0) is 32.3 Å². The molecule has 2 N–H and O–H groups in total. The van der Waals surface area contributed by atoms with Crippen molar-refractivity contribution in [1.29, 1.82) is 0 Å². The first-order valence-electron chi connectivity index (χ1n) is 10.4. The van der Waals surface area contributed by atoms with Crippen LogP contribution in [0.1, 0.15) is 23.2 Å². The minimum atomic E-state index is -4.61. The second-order valence-electron chi connectivity index (χ2n) is 7.94. The number of amides is 1. The van der Waals surface area contributed by atoms with Crippen molar-refractivity contribution < 1.29 is 35.5 Å². The van der Waals surface area contributed by atoms with Gasteiger partial charge in [0.1, 0.15) is 17.3 Å². The molecule has 1 saturated heterocycles. The molecule has 1 aromatic heterocycles. The SMILES string of the molecule is COC1CCN(c2nc(C(F)(F)F)ccc2C=CC(=O)NCc2ccc(NS(C)(=O)=O)c(F)c2)C1. The molecule has 35 heavy (non-hydrogen) atoms. The van der Waals surface area contributed by atoms with E-state index in [2.05, 4.69) is 10.3 Å². The van der Waals surface area contributed by atoms with E-state index in [-0.39, 0.29) is 24.2 Å². The molecule has 190 valence electrons. The molecule has 2 aromatic rings. The number of aromatic nitrogens is 1. The molecule has 2 heterocycles. The molecule has 1 aliphatic rings. The zero-order valence-corrected chi connectivity index (χ0v) is 19.7. The Morgan fingerprint density at radius 1 is 1.29 bits per heavy atom. The Hall–Kier alpha value is -3.19. The van der Waals surface area contributed by atoms with Crippen LogP contribution in [0.25, 0.3) is 6.08 Å². The maximum atomic E-state index is 14.1. The molecule has 1 fully saturated rings. The van der Waals surface area contributed by atoms with Crippen molar-refractivity contribution in [3.63, 3.8) is 0 Å². The van der Waals surface area contributed by atoms with E-state index in [0.29, 0.717) is 30.6 Å². The largest absolute Gasteiger partial charge is 0.433 e. The molecule has 1 atom stereocenters. The second kappa shape index (κ2) is 10.6. The Morgan fingerprint density at radius 3 is 2.63 bits per heavy atom. The van der Waals surface area contributed by atoms with Gasteiger partial charge in [0.25, 0.3) is 0 Å². The van der Waals surface area contributed by atoms with E-state index in [0.717, 1.165) is 24.5 Å². The summed E-state index contributed by atoms with van der Waals surface area (Å²) in [6, 6.07) is 5.85. The Morgan fingerprint density at radius 2 is 2.03 bits per heavy atom. The monoisotopic (exact) mass is 516 g/mol. The van der Waals surface area contributed by atoms with E-state index in [1.165, 1.54) is 31.4 Å². The lowest BCUT2D eigenvalue weighted by Gasteiger charge is -2.21. The molecule has 3 rings (SSSR count). The molecule has 13 heteroatoms. The lowest BCUT2D eigenvalue weighted by molar-refractivity contribution is -0.141. The number of hydrogen-bond acceptors (Lipinski definition) is 6. The van der Waals surface area contributed by atoms with Gasteiger partial charge in [0.15, 0.2) is 0 Å². The first kappa shape index (κ1) is 26.4. The molecule has 0 saturated carbocycles. The number of halogens is 4. The number of benzene rings is 1. The number of pyridine rings is 1. The third kappa shape index (κ3) is 7.39. The topological polar surface area (TPSA) is 101 Å². The van der Waals surface area contributed by atoms with Crippen molar-refractivity contribution in [3.05, 3.63) is 59.0 Å². The van der Waals surface area contributed by atoms with Crippen LogP contribution in [0.2, 0.25) is 0 Å². The molecule has 1 unspecified atom stereocenters. The van der Waals surface area contributed by atoms with Gasteiger partial charge >= 0.3 is 6.18 Å². The van der Waals surface area contributed by atoms with Gasteiger partial charge in [0.05, 0.1) is 18.0 Å². The van der Waals surface area contributed by atoms with Gasteiger partial charge in [0.2, 0.25) is 15.9 Å². The molecule has 0 radical (unpaired) electrons. The maximum Gasteiger partial charge on any atom is 0.433 e. The minimum Gasteiger partial charge on any atom is -0.380 e. The third-order valence-corrected chi connectivity index (χ3v) is 5.77. The van der Waals surface area contributed by atoms with E-state index >= 15 is 0 Å². The molecule has 0 spiro atoms. The van der Waals surface area contributed by atoms with Gasteiger partial charge in [0, 0.05) is 38.4 Å². The first-order valence-corrected chi connectivity index (χ1v) is 12.3. The summed E-state index contributed by atoms with van der Waals surface area (Å²) >= 11 is 0. The van der Waals surface area contributed by atoms with Crippen molar-refractivity contribution in [2.45, 2.75) is 25.2 Å². The molecule has 0 aliphatic carbocycles. The summed E-state index contributed by atoms with van der Waals surface area (Å²) in [5.74, 6) is -1.27. The fraction of sp³-hybridized carbons (Fsp3) is 0.364. The van der Waals surface area contributed by atoms with E-state index < -0.39 is 33.6 Å². The molecule has 0 bridgehead atoms. The Bertz CT molecular complexity index is 1220. The Balaban J connectivity index is 1.71. The van der Waals surface area contributed by atoms with Crippen LogP contribution in [0.4, 0.5) is 29.1 Å². The Labute approximate surface area is 200 Å². The average molecular weight is 517 g/mol. The van der Waals surface area contributed by atoms with Crippen LogP contribution in [0.15, 0.2) is 36.4 Å². The summed E-state index contributed by atoms with van der Waals surface area (Å²) in [5.41, 5.74) is -0.553. The van der Waals surface area contributed by atoms with Crippen molar-refractivity contribution in [3.8, 4) is 0 Å². The van der Waals surface area contributed by atoms with Crippen LogP contribution < -0.4 is 14.9 Å². The highest BCUT2D eigenvalue weighted by Crippen LogP contribution is 2.32. The highest BCUT2D eigenvalue weighted by molar-refractivity contribution is 7.92. The smallest absolute Gasteiger partial charge is 0.380 e. The van der Waals surface area contributed by atoms with E-state index in [1.54, 1.807) is 4.90 Å². The van der Waals surface area contributed by atoms with Gasteiger partial charge in [-0.25, -0.2) is 17.8 Å². The standard InChI is InChI=1S/C22H24F4N4O4S/c1-34-16-9-10-30(13-16)21-15(4-7-19(28-21)22(24,25)26)5-8-20(31)27-12-14-3-6-18(17(23)11-14)29-35(2,32)33/h3-8,11,16,29H,9-10,12-13H2,1-2H3,(H,27,31). The third-order valence-electron chi connectivity index (χ3n) is 5.18. The summed E-state index contributed by atoms with van der Waals surface area (Å²) in [7, 11) is -2.12. The predicted octanol–water partition coefficient (Wildman–Crippen LogP) is 3.17. The number of nitrogens with one attached hydrogen (secondary N) is 2. The van der Waals surface area contributed by atoms with E-state index in [1.807, 2.05) is 4.72 Å². The first-order chi connectivity index (χ1) is 16.4. The number of anilines is 2. The molecule has 1 aliphatic heterocycles. The van der Waals surface area contributed by atoms with Crippen molar-refractivity contribution >= 4 is 33.5 Å². The van der Waals surface area contributed by atoms with Crippen LogP contribution in [0.3, 0.4) is 0 Å². The van der Waals surface area contributed by atoms with Gasteiger partial charge in [-0.2, -0.15) is 13.2 Å².